The summed E-state index contributed by atoms with van der Waals surface area (Å²) in [5.41, 5.74) is 0.0358. The number of hydrogen-bond acceptors (Lipinski definition) is 1. The van der Waals surface area contributed by atoms with Crippen molar-refractivity contribution in [3.05, 3.63) is 29.0 Å². The average Bonchev–Trinajstić information content (AvgIpc) is 2.34. The molecule has 1 saturated carbocycles. The van der Waals surface area contributed by atoms with Gasteiger partial charge in [-0.2, -0.15) is 13.2 Å². The van der Waals surface area contributed by atoms with Gasteiger partial charge in [-0.15, -0.1) is 0 Å². The minimum atomic E-state index is -4.26. The minimum Gasteiger partial charge on any atom is -0.379 e. The normalized spacial score (nSPS) is 24.3. The molecule has 1 aliphatic rings. The lowest BCUT2D eigenvalue weighted by Crippen LogP contribution is -2.41. The van der Waals surface area contributed by atoms with Crippen molar-refractivity contribution in [1.82, 2.24) is 0 Å². The van der Waals surface area contributed by atoms with Crippen LogP contribution in [0, 0.1) is 11.7 Å². The van der Waals surface area contributed by atoms with Crippen LogP contribution in [0.15, 0.2) is 18.2 Å². The van der Waals surface area contributed by atoms with Gasteiger partial charge in [0.15, 0.2) is 5.82 Å². The lowest BCUT2D eigenvalue weighted by atomic mass is 9.84. The number of benzene rings is 1. The summed E-state index contributed by atoms with van der Waals surface area (Å²) in [7, 11) is 0. The van der Waals surface area contributed by atoms with E-state index in [1.54, 1.807) is 0 Å². The predicted octanol–water partition coefficient (Wildman–Crippen LogP) is 5.01. The molecule has 0 heterocycles. The first-order valence-electron chi connectivity index (χ1n) is 6.17. The van der Waals surface area contributed by atoms with Gasteiger partial charge in [0.25, 0.3) is 0 Å². The van der Waals surface area contributed by atoms with Gasteiger partial charge in [0.1, 0.15) is 0 Å². The molecular weight excluding hydrogens is 282 g/mol. The topological polar surface area (TPSA) is 12.0 Å². The van der Waals surface area contributed by atoms with Crippen molar-refractivity contribution in [3.63, 3.8) is 0 Å². The van der Waals surface area contributed by atoms with E-state index in [1.165, 1.54) is 18.2 Å². The fourth-order valence-corrected chi connectivity index (χ4v) is 2.68. The van der Waals surface area contributed by atoms with E-state index in [1.807, 2.05) is 0 Å². The first-order valence-corrected chi connectivity index (χ1v) is 6.54. The van der Waals surface area contributed by atoms with Crippen molar-refractivity contribution in [1.29, 1.82) is 0 Å². The van der Waals surface area contributed by atoms with E-state index >= 15 is 0 Å². The molecule has 1 N–H and O–H groups in total. The average molecular weight is 296 g/mol. The van der Waals surface area contributed by atoms with Gasteiger partial charge in [0, 0.05) is 6.04 Å². The van der Waals surface area contributed by atoms with E-state index in [-0.39, 0.29) is 17.1 Å². The number of anilines is 1. The smallest absolute Gasteiger partial charge is 0.379 e. The van der Waals surface area contributed by atoms with Crippen molar-refractivity contribution in [3.8, 4) is 0 Å². The predicted molar refractivity (Wildman–Crippen MR) is 66.8 cm³/mol. The van der Waals surface area contributed by atoms with Crippen LogP contribution in [0.1, 0.15) is 25.7 Å². The van der Waals surface area contributed by atoms with E-state index in [9.17, 15) is 17.6 Å². The van der Waals surface area contributed by atoms with Crippen LogP contribution in [0.4, 0.5) is 23.2 Å². The van der Waals surface area contributed by atoms with E-state index in [2.05, 4.69) is 5.32 Å². The highest BCUT2D eigenvalue weighted by molar-refractivity contribution is 6.31. The molecule has 0 aliphatic heterocycles. The summed E-state index contributed by atoms with van der Waals surface area (Å²) >= 11 is 5.62. The molecule has 0 radical (unpaired) electrons. The third-order valence-electron chi connectivity index (χ3n) is 3.48. The highest BCUT2D eigenvalue weighted by Crippen LogP contribution is 2.39. The second-order valence-electron chi connectivity index (χ2n) is 4.78. The molecule has 1 nitrogen and oxygen atoms in total. The van der Waals surface area contributed by atoms with Crippen LogP contribution in [-0.4, -0.2) is 12.2 Å². The van der Waals surface area contributed by atoms with Crippen molar-refractivity contribution in [2.45, 2.75) is 37.9 Å². The Morgan fingerprint density at radius 1 is 1.16 bits per heavy atom. The number of alkyl halides is 3. The van der Waals surface area contributed by atoms with Crippen LogP contribution >= 0.6 is 11.6 Å². The Morgan fingerprint density at radius 2 is 1.84 bits per heavy atom. The molecule has 0 spiro atoms. The van der Waals surface area contributed by atoms with Gasteiger partial charge in [-0.25, -0.2) is 4.39 Å². The summed E-state index contributed by atoms with van der Waals surface area (Å²) in [6.07, 6.45) is -2.51. The first-order chi connectivity index (χ1) is 8.89. The van der Waals surface area contributed by atoms with E-state index in [0.29, 0.717) is 19.3 Å². The largest absolute Gasteiger partial charge is 0.393 e. The molecule has 2 atom stereocenters. The maximum absolute atomic E-state index is 13.7. The molecule has 0 aromatic heterocycles. The molecule has 106 valence electrons. The molecule has 2 unspecified atom stereocenters. The molecule has 1 aromatic carbocycles. The molecular formula is C13H14ClF4N. The lowest BCUT2D eigenvalue weighted by molar-refractivity contribution is -0.184. The zero-order valence-electron chi connectivity index (χ0n) is 10.1. The molecule has 2 rings (SSSR count). The summed E-state index contributed by atoms with van der Waals surface area (Å²) in [6.45, 7) is 0. The van der Waals surface area contributed by atoms with Gasteiger partial charge < -0.3 is 5.32 Å². The second kappa shape index (κ2) is 5.57. The van der Waals surface area contributed by atoms with E-state index < -0.39 is 24.0 Å². The number of hydrogen-bond donors (Lipinski definition) is 1. The Labute approximate surface area is 113 Å². The Hall–Kier alpha value is -0.970. The molecule has 6 heteroatoms. The zero-order chi connectivity index (χ0) is 14.0. The fraction of sp³-hybridized carbons (Fsp3) is 0.538. The van der Waals surface area contributed by atoms with Crippen LogP contribution in [0.3, 0.4) is 0 Å². The maximum Gasteiger partial charge on any atom is 0.393 e. The Kier molecular flexibility index (Phi) is 4.23. The Balaban J connectivity index is 2.18. The summed E-state index contributed by atoms with van der Waals surface area (Å²) in [5, 5.41) is 2.57. The third-order valence-corrected chi connectivity index (χ3v) is 3.77. The fourth-order valence-electron chi connectivity index (χ4n) is 2.51. The minimum absolute atomic E-state index is 0.0358. The molecule has 0 amide bonds. The van der Waals surface area contributed by atoms with Crippen LogP contribution in [0.25, 0.3) is 0 Å². The number of halogens is 5. The van der Waals surface area contributed by atoms with E-state index in [0.717, 1.165) is 0 Å². The maximum atomic E-state index is 13.7. The number of nitrogens with one attached hydrogen (secondary N) is 1. The third kappa shape index (κ3) is 3.32. The SMILES string of the molecule is Fc1c(Cl)cccc1NC1CCCCC1C(F)(F)F. The summed E-state index contributed by atoms with van der Waals surface area (Å²) in [4.78, 5) is 0. The zero-order valence-corrected chi connectivity index (χ0v) is 10.9. The van der Waals surface area contributed by atoms with E-state index in [4.69, 9.17) is 11.6 Å². The Bertz CT molecular complexity index is 447. The number of rotatable bonds is 2. The van der Waals surface area contributed by atoms with Gasteiger partial charge in [0.2, 0.25) is 0 Å². The molecule has 1 fully saturated rings. The van der Waals surface area contributed by atoms with Gasteiger partial charge in [-0.1, -0.05) is 30.5 Å². The standard InChI is InChI=1S/C13H14ClF4N/c14-9-5-3-7-11(12(9)15)19-10-6-2-1-4-8(10)13(16,17)18/h3,5,7-8,10,19H,1-2,4,6H2. The van der Waals surface area contributed by atoms with Gasteiger partial charge in [-0.05, 0) is 25.0 Å². The van der Waals surface area contributed by atoms with Crippen molar-refractivity contribution in [2.75, 3.05) is 5.32 Å². The van der Waals surface area contributed by atoms with Crippen LogP contribution in [-0.2, 0) is 0 Å². The molecule has 1 aliphatic carbocycles. The summed E-state index contributed by atoms with van der Waals surface area (Å²) < 4.78 is 52.4. The highest BCUT2D eigenvalue weighted by atomic mass is 35.5. The summed E-state index contributed by atoms with van der Waals surface area (Å²) in [5.74, 6) is -2.13. The highest BCUT2D eigenvalue weighted by Gasteiger charge is 2.45. The van der Waals surface area contributed by atoms with Gasteiger partial charge in [0.05, 0.1) is 16.6 Å². The second-order valence-corrected chi connectivity index (χ2v) is 5.19. The molecule has 0 saturated heterocycles. The van der Waals surface area contributed by atoms with Crippen LogP contribution in [0.5, 0.6) is 0 Å². The first kappa shape index (κ1) is 14.4. The molecule has 1 aromatic rings. The Morgan fingerprint density at radius 3 is 2.53 bits per heavy atom. The summed E-state index contributed by atoms with van der Waals surface area (Å²) in [6, 6.07) is 3.49. The monoisotopic (exact) mass is 295 g/mol. The van der Waals surface area contributed by atoms with Gasteiger partial charge in [-0.3, -0.25) is 0 Å². The van der Waals surface area contributed by atoms with Crippen molar-refractivity contribution < 1.29 is 17.6 Å². The van der Waals surface area contributed by atoms with Crippen molar-refractivity contribution in [2.24, 2.45) is 5.92 Å². The van der Waals surface area contributed by atoms with Crippen molar-refractivity contribution >= 4 is 17.3 Å². The van der Waals surface area contributed by atoms with Gasteiger partial charge >= 0.3 is 6.18 Å². The van der Waals surface area contributed by atoms with Crippen LogP contribution in [0.2, 0.25) is 5.02 Å². The molecule has 0 bridgehead atoms. The van der Waals surface area contributed by atoms with Crippen LogP contribution < -0.4 is 5.32 Å². The quantitative estimate of drug-likeness (QED) is 0.756. The lowest BCUT2D eigenvalue weighted by Gasteiger charge is -2.34. The molecule has 19 heavy (non-hydrogen) atoms.